The van der Waals surface area contributed by atoms with E-state index in [2.05, 4.69) is 41.2 Å². The van der Waals surface area contributed by atoms with Crippen LogP contribution in [0.2, 0.25) is 0 Å². The minimum Gasteiger partial charge on any atom is -0.468 e. The van der Waals surface area contributed by atoms with Crippen LogP contribution in [0.5, 0.6) is 0 Å². The molecule has 0 radical (unpaired) electrons. The van der Waals surface area contributed by atoms with Gasteiger partial charge in [0.05, 0.1) is 47.0 Å². The topological polar surface area (TPSA) is 136 Å². The summed E-state index contributed by atoms with van der Waals surface area (Å²) >= 11 is 0. The van der Waals surface area contributed by atoms with Crippen molar-refractivity contribution in [3.63, 3.8) is 0 Å². The van der Waals surface area contributed by atoms with Gasteiger partial charge in [-0.05, 0) is 105 Å². The van der Waals surface area contributed by atoms with Crippen LogP contribution in [0.25, 0.3) is 0 Å². The fraction of sp³-hybridized carbons (Fsp3) is 0.527. The number of aldehydes is 1. The Labute approximate surface area is 387 Å². The van der Waals surface area contributed by atoms with Crippen LogP contribution in [0.15, 0.2) is 124 Å². The van der Waals surface area contributed by atoms with Crippen LogP contribution in [-0.2, 0) is 28.7 Å². The van der Waals surface area contributed by atoms with E-state index in [9.17, 15) is 19.2 Å². The molecule has 6 rings (SSSR count). The molecular formula is C55H70N4O6. The number of esters is 2. The molecule has 5 heterocycles. The lowest BCUT2D eigenvalue weighted by Crippen LogP contribution is -2.25. The standard InChI is InChI=1S/C55H70N4O6/c1-12-38-35(8)42-27-43-36(9)40(23-24-48(61)65-26-25-34(7)22-16-21-33(6)20-15-19-32(5)18-14-17-31(3)4)52(58-43)50-51(55(63)64-11)54(62)49-37(10)44(59-53(49)50)28-46-39(13-2)41(30-60)47(57-46)29-45(38)56-42/h12,25,27-33,36,40,51H,1,13-24,26H2,2-11H3. The summed E-state index contributed by atoms with van der Waals surface area (Å²) in [6.45, 7) is 23.5. The Morgan fingerprint density at radius 1 is 0.831 bits per heavy atom. The van der Waals surface area contributed by atoms with Gasteiger partial charge in [-0.2, -0.15) is 0 Å². The summed E-state index contributed by atoms with van der Waals surface area (Å²) < 4.78 is 11.0. The van der Waals surface area contributed by atoms with E-state index in [1.165, 1.54) is 57.6 Å². The minimum absolute atomic E-state index is 0.114. The van der Waals surface area contributed by atoms with Crippen LogP contribution in [-0.4, -0.2) is 60.6 Å². The Kier molecular flexibility index (Phi) is 16.4. The number of hydrogen-bond acceptors (Lipinski definition) is 10. The highest BCUT2D eigenvalue weighted by molar-refractivity contribution is 6.43. The van der Waals surface area contributed by atoms with E-state index in [1.54, 1.807) is 12.2 Å². The van der Waals surface area contributed by atoms with E-state index < -0.39 is 17.7 Å². The molecule has 1 aliphatic carbocycles. The summed E-state index contributed by atoms with van der Waals surface area (Å²) in [7, 11) is 1.27. The first kappa shape index (κ1) is 49.1. The molecule has 10 heteroatoms. The highest BCUT2D eigenvalue weighted by atomic mass is 16.5. The largest absolute Gasteiger partial charge is 0.468 e. The molecule has 0 aromatic heterocycles. The number of ether oxygens (including phenoxy) is 2. The SMILES string of the molecule is C=CC1=C(C)C2=CC3=NC(=C4C5=NC(=CC6=NC(=CC1=N2)C(C=O)=C6CC)C(C)=C5C(=O)C4C(=O)OC)C(CCC(=O)OCC=C(C)CCCC(C)CCCC(C)CCCC(C)C)C3C. The van der Waals surface area contributed by atoms with E-state index in [4.69, 9.17) is 29.4 Å². The summed E-state index contributed by atoms with van der Waals surface area (Å²) in [5.41, 5.74) is 9.91. The summed E-state index contributed by atoms with van der Waals surface area (Å²) in [6.07, 6.45) is 22.3. The molecule has 1 saturated carbocycles. The number of Topliss-reactive ketones (excluding diaryl/α,β-unsaturated/α-hetero) is 1. The number of methoxy groups -OCH3 is 1. The maximum Gasteiger partial charge on any atom is 0.321 e. The first-order valence-electron chi connectivity index (χ1n) is 24.0. The van der Waals surface area contributed by atoms with Gasteiger partial charge in [-0.1, -0.05) is 105 Å². The molecule has 0 spiro atoms. The summed E-state index contributed by atoms with van der Waals surface area (Å²) in [4.78, 5) is 74.1. The predicted molar refractivity (Wildman–Crippen MR) is 262 cm³/mol. The van der Waals surface area contributed by atoms with Crippen LogP contribution in [0.4, 0.5) is 0 Å². The number of allylic oxidation sites excluding steroid dienone is 12. The third-order valence-electron chi connectivity index (χ3n) is 14.1. The lowest BCUT2D eigenvalue weighted by atomic mass is 9.83. The Balaban J connectivity index is 1.21. The van der Waals surface area contributed by atoms with Gasteiger partial charge in [0.15, 0.2) is 12.1 Å². The first-order chi connectivity index (χ1) is 31.1. The summed E-state index contributed by atoms with van der Waals surface area (Å²) in [6, 6.07) is 0. The van der Waals surface area contributed by atoms with Crippen LogP contribution in [0, 0.1) is 35.5 Å². The van der Waals surface area contributed by atoms with Gasteiger partial charge in [0.2, 0.25) is 0 Å². The zero-order chi connectivity index (χ0) is 47.1. The van der Waals surface area contributed by atoms with Crippen molar-refractivity contribution in [2.45, 2.75) is 139 Å². The maximum absolute atomic E-state index is 14.4. The number of nitrogens with zero attached hydrogens (tertiary/aromatic N) is 4. The molecule has 5 unspecified atom stereocenters. The van der Waals surface area contributed by atoms with Crippen molar-refractivity contribution in [3.05, 3.63) is 104 Å². The molecule has 0 saturated heterocycles. The Morgan fingerprint density at radius 2 is 1.48 bits per heavy atom. The van der Waals surface area contributed by atoms with Crippen LogP contribution >= 0.6 is 0 Å². The molecule has 1 fully saturated rings. The fourth-order valence-electron chi connectivity index (χ4n) is 10.0. The molecule has 5 aliphatic heterocycles. The number of fused-ring (bicyclic) bond motifs is 4. The zero-order valence-electron chi connectivity index (χ0n) is 40.6. The normalized spacial score (nSPS) is 22.5. The van der Waals surface area contributed by atoms with E-state index in [1.807, 2.05) is 45.9 Å². The first-order valence-corrected chi connectivity index (χ1v) is 24.0. The molecule has 0 amide bonds. The Bertz CT molecular complexity index is 2380. The summed E-state index contributed by atoms with van der Waals surface area (Å²) in [5.74, 6) is -0.983. The van der Waals surface area contributed by atoms with Gasteiger partial charge in [-0.25, -0.2) is 15.0 Å². The summed E-state index contributed by atoms with van der Waals surface area (Å²) in [5, 5.41) is 0. The molecule has 346 valence electrons. The monoisotopic (exact) mass is 883 g/mol. The second kappa shape index (κ2) is 21.7. The molecule has 0 aromatic carbocycles. The molecule has 6 aliphatic rings. The quantitative estimate of drug-likeness (QED) is 0.0487. The maximum atomic E-state index is 14.4. The van der Waals surface area contributed by atoms with Crippen molar-refractivity contribution in [1.82, 2.24) is 0 Å². The third-order valence-corrected chi connectivity index (χ3v) is 14.1. The molecule has 5 atom stereocenters. The lowest BCUT2D eigenvalue weighted by molar-refractivity contribution is -0.146. The van der Waals surface area contributed by atoms with Gasteiger partial charge < -0.3 is 9.47 Å². The minimum atomic E-state index is -1.27. The van der Waals surface area contributed by atoms with Crippen LogP contribution < -0.4 is 0 Å². The van der Waals surface area contributed by atoms with Gasteiger partial charge in [0, 0.05) is 46.3 Å². The smallest absolute Gasteiger partial charge is 0.321 e. The highest BCUT2D eigenvalue weighted by Crippen LogP contribution is 2.47. The van der Waals surface area contributed by atoms with E-state index in [0.29, 0.717) is 86.7 Å². The van der Waals surface area contributed by atoms with Gasteiger partial charge in [-0.3, -0.25) is 24.2 Å². The lowest BCUT2D eigenvalue weighted by Gasteiger charge is -2.20. The van der Waals surface area contributed by atoms with Crippen molar-refractivity contribution < 1.29 is 28.7 Å². The van der Waals surface area contributed by atoms with Gasteiger partial charge in [0.25, 0.3) is 0 Å². The molecular weight excluding hydrogens is 813 g/mol. The van der Waals surface area contributed by atoms with Crippen molar-refractivity contribution in [1.29, 1.82) is 0 Å². The molecule has 0 N–H and O–H groups in total. The van der Waals surface area contributed by atoms with E-state index >= 15 is 0 Å². The molecule has 0 aromatic rings. The fourth-order valence-corrected chi connectivity index (χ4v) is 10.0. The predicted octanol–water partition coefficient (Wildman–Crippen LogP) is 11.8. The number of aliphatic imine (C=N–C) groups is 4. The molecule has 8 bridgehead atoms. The average Bonchev–Trinajstić information content (AvgIpc) is 4.02. The van der Waals surface area contributed by atoms with Gasteiger partial charge in [0.1, 0.15) is 12.5 Å². The number of rotatable bonds is 21. The Morgan fingerprint density at radius 3 is 2.12 bits per heavy atom. The number of ketones is 1. The van der Waals surface area contributed by atoms with Crippen molar-refractivity contribution in [2.75, 3.05) is 13.7 Å². The number of hydrogen-bond donors (Lipinski definition) is 0. The number of carbonyl (C=O) groups is 4. The third kappa shape index (κ3) is 10.8. The van der Waals surface area contributed by atoms with Gasteiger partial charge in [-0.15, -0.1) is 0 Å². The molecule has 65 heavy (non-hydrogen) atoms. The van der Waals surface area contributed by atoms with Gasteiger partial charge >= 0.3 is 11.9 Å². The average molecular weight is 883 g/mol. The van der Waals surface area contributed by atoms with Crippen molar-refractivity contribution in [3.8, 4) is 0 Å². The second-order valence-electron chi connectivity index (χ2n) is 19.3. The van der Waals surface area contributed by atoms with Crippen molar-refractivity contribution >= 4 is 46.9 Å². The second-order valence-corrected chi connectivity index (χ2v) is 19.3. The van der Waals surface area contributed by atoms with E-state index in [-0.39, 0.29) is 30.8 Å². The number of carbonyl (C=O) groups excluding carboxylic acids is 4. The highest BCUT2D eigenvalue weighted by Gasteiger charge is 2.51. The van der Waals surface area contributed by atoms with Crippen LogP contribution in [0.3, 0.4) is 0 Å². The van der Waals surface area contributed by atoms with Crippen LogP contribution in [0.1, 0.15) is 139 Å². The zero-order valence-corrected chi connectivity index (χ0v) is 40.6. The molecule has 10 nitrogen and oxygen atoms in total. The van der Waals surface area contributed by atoms with E-state index in [0.717, 1.165) is 47.7 Å². The van der Waals surface area contributed by atoms with Crippen molar-refractivity contribution in [2.24, 2.45) is 55.5 Å². The Hall–Kier alpha value is -5.38.